The summed E-state index contributed by atoms with van der Waals surface area (Å²) >= 11 is 5.08. The van der Waals surface area contributed by atoms with E-state index in [0.717, 1.165) is 5.56 Å². The third kappa shape index (κ3) is 6.17. The van der Waals surface area contributed by atoms with Gasteiger partial charge >= 0.3 is 0 Å². The van der Waals surface area contributed by atoms with Gasteiger partial charge < -0.3 is 14.8 Å². The van der Waals surface area contributed by atoms with Gasteiger partial charge in [-0.1, -0.05) is 6.07 Å². The fraction of sp³-hybridized carbons (Fsp3) is 0.467. The molecule has 1 rings (SSSR count). The summed E-state index contributed by atoms with van der Waals surface area (Å²) in [5.41, 5.74) is 5.87. The number of hydrazine groups is 1. The molecule has 1 aromatic carbocycles. The van der Waals surface area contributed by atoms with Crippen LogP contribution < -0.4 is 25.6 Å². The number of thiocarbonyl (C=S) groups is 1. The second-order valence-corrected chi connectivity index (χ2v) is 6.15. The Labute approximate surface area is 136 Å². The molecule has 0 aliphatic rings. The van der Waals surface area contributed by atoms with E-state index in [1.807, 2.05) is 26.8 Å². The predicted octanol–water partition coefficient (Wildman–Crippen LogP) is 1.54. The molecule has 0 spiro atoms. The van der Waals surface area contributed by atoms with Crippen molar-refractivity contribution in [1.82, 2.24) is 16.2 Å². The fourth-order valence-corrected chi connectivity index (χ4v) is 2.08. The maximum absolute atomic E-state index is 11.9. The number of carbonyl (C=O) groups is 1. The Morgan fingerprint density at radius 3 is 2.32 bits per heavy atom. The van der Waals surface area contributed by atoms with Gasteiger partial charge in [-0.15, -0.1) is 0 Å². The summed E-state index contributed by atoms with van der Waals surface area (Å²) in [6.45, 7) is 5.94. The molecule has 7 heteroatoms. The van der Waals surface area contributed by atoms with Gasteiger partial charge in [-0.3, -0.25) is 15.6 Å². The zero-order valence-electron chi connectivity index (χ0n) is 13.6. The molecule has 0 aromatic heterocycles. The lowest BCUT2D eigenvalue weighted by atomic mass is 10.1. The molecule has 0 saturated heterocycles. The van der Waals surface area contributed by atoms with E-state index < -0.39 is 0 Å². The highest BCUT2D eigenvalue weighted by Gasteiger charge is 2.12. The van der Waals surface area contributed by atoms with Crippen LogP contribution in [0, 0.1) is 0 Å². The zero-order valence-corrected chi connectivity index (χ0v) is 14.4. The molecule has 0 bridgehead atoms. The van der Waals surface area contributed by atoms with E-state index in [9.17, 15) is 4.79 Å². The van der Waals surface area contributed by atoms with Crippen LogP contribution in [-0.4, -0.2) is 30.8 Å². The molecule has 0 radical (unpaired) electrons. The molecule has 0 unspecified atom stereocenters. The predicted molar refractivity (Wildman–Crippen MR) is 90.0 cm³/mol. The second-order valence-electron chi connectivity index (χ2n) is 5.74. The van der Waals surface area contributed by atoms with E-state index in [-0.39, 0.29) is 17.9 Å². The third-order valence-electron chi connectivity index (χ3n) is 2.62. The molecule has 0 fully saturated rings. The molecule has 1 amide bonds. The van der Waals surface area contributed by atoms with Gasteiger partial charge in [0.1, 0.15) is 0 Å². The summed E-state index contributed by atoms with van der Waals surface area (Å²) in [6.07, 6.45) is 0.200. The number of carbonyl (C=O) groups excluding carboxylic acids is 1. The van der Waals surface area contributed by atoms with Crippen LogP contribution in [0.3, 0.4) is 0 Å². The number of nitrogens with one attached hydrogen (secondary N) is 3. The summed E-state index contributed by atoms with van der Waals surface area (Å²) in [6, 6.07) is 5.34. The highest BCUT2D eigenvalue weighted by atomic mass is 32.1. The van der Waals surface area contributed by atoms with Crippen molar-refractivity contribution in [1.29, 1.82) is 0 Å². The van der Waals surface area contributed by atoms with E-state index in [1.165, 1.54) is 0 Å². The minimum Gasteiger partial charge on any atom is -0.493 e. The lowest BCUT2D eigenvalue weighted by molar-refractivity contribution is -0.121. The van der Waals surface area contributed by atoms with Gasteiger partial charge in [0.15, 0.2) is 16.6 Å². The smallest absolute Gasteiger partial charge is 0.242 e. The second kappa shape index (κ2) is 7.84. The summed E-state index contributed by atoms with van der Waals surface area (Å²) in [5, 5.41) is 3.41. The fourth-order valence-electron chi connectivity index (χ4n) is 1.72. The van der Waals surface area contributed by atoms with Crippen LogP contribution in [-0.2, 0) is 11.2 Å². The Hall–Kier alpha value is -2.02. The van der Waals surface area contributed by atoms with Crippen LogP contribution in [0.25, 0.3) is 0 Å². The molecule has 0 atom stereocenters. The van der Waals surface area contributed by atoms with E-state index in [1.54, 1.807) is 26.4 Å². The van der Waals surface area contributed by atoms with Crippen LogP contribution in [0.1, 0.15) is 26.3 Å². The van der Waals surface area contributed by atoms with E-state index in [0.29, 0.717) is 16.6 Å². The lowest BCUT2D eigenvalue weighted by Crippen LogP contribution is -2.52. The van der Waals surface area contributed by atoms with Crippen molar-refractivity contribution < 1.29 is 14.3 Å². The maximum Gasteiger partial charge on any atom is 0.242 e. The number of rotatable bonds is 4. The van der Waals surface area contributed by atoms with Crippen molar-refractivity contribution >= 4 is 23.2 Å². The molecule has 0 heterocycles. The molecule has 0 aliphatic heterocycles. The molecule has 1 aromatic rings. The normalized spacial score (nSPS) is 10.6. The monoisotopic (exact) mass is 325 g/mol. The molecule has 0 aliphatic carbocycles. The zero-order chi connectivity index (χ0) is 16.8. The first kappa shape index (κ1) is 18.0. The van der Waals surface area contributed by atoms with E-state index in [2.05, 4.69) is 16.2 Å². The van der Waals surface area contributed by atoms with Gasteiger partial charge in [-0.25, -0.2) is 0 Å². The number of ether oxygens (including phenoxy) is 2. The first-order valence-electron chi connectivity index (χ1n) is 6.83. The Morgan fingerprint density at radius 2 is 1.77 bits per heavy atom. The molecule has 6 nitrogen and oxygen atoms in total. The number of methoxy groups -OCH3 is 2. The SMILES string of the molecule is COc1ccc(CC(=O)NNC(=S)NC(C)(C)C)cc1OC. The number of hydrogen-bond donors (Lipinski definition) is 3. The van der Waals surface area contributed by atoms with E-state index in [4.69, 9.17) is 21.7 Å². The standard InChI is InChI=1S/C15H23N3O3S/c1-15(2,3)16-14(22)18-17-13(19)9-10-6-7-11(20-4)12(8-10)21-5/h6-8H,9H2,1-5H3,(H,17,19)(H2,16,18,22). The van der Waals surface area contributed by atoms with Crippen molar-refractivity contribution in [2.75, 3.05) is 14.2 Å². The Balaban J connectivity index is 2.53. The highest BCUT2D eigenvalue weighted by molar-refractivity contribution is 7.80. The first-order chi connectivity index (χ1) is 10.2. The minimum atomic E-state index is -0.203. The van der Waals surface area contributed by atoms with Gasteiger partial charge in [0.2, 0.25) is 5.91 Å². The van der Waals surface area contributed by atoms with Crippen LogP contribution in [0.2, 0.25) is 0 Å². The Morgan fingerprint density at radius 1 is 1.14 bits per heavy atom. The minimum absolute atomic E-state index is 0.168. The van der Waals surface area contributed by atoms with Crippen molar-refractivity contribution in [3.8, 4) is 11.5 Å². The molecule has 0 saturated carbocycles. The largest absolute Gasteiger partial charge is 0.493 e. The Bertz CT molecular complexity index is 541. The Kier molecular flexibility index (Phi) is 6.42. The van der Waals surface area contributed by atoms with Gasteiger partial charge in [-0.2, -0.15) is 0 Å². The van der Waals surface area contributed by atoms with Crippen LogP contribution in [0.15, 0.2) is 18.2 Å². The first-order valence-corrected chi connectivity index (χ1v) is 7.24. The van der Waals surface area contributed by atoms with Gasteiger partial charge in [0, 0.05) is 5.54 Å². The van der Waals surface area contributed by atoms with Gasteiger partial charge in [0.25, 0.3) is 0 Å². The average molecular weight is 325 g/mol. The van der Waals surface area contributed by atoms with Gasteiger partial charge in [0.05, 0.1) is 20.6 Å². The molecule has 22 heavy (non-hydrogen) atoms. The average Bonchev–Trinajstić information content (AvgIpc) is 2.43. The summed E-state index contributed by atoms with van der Waals surface area (Å²) in [7, 11) is 3.12. The molecule has 3 N–H and O–H groups in total. The topological polar surface area (TPSA) is 71.6 Å². The van der Waals surface area contributed by atoms with Crippen molar-refractivity contribution in [3.05, 3.63) is 23.8 Å². The van der Waals surface area contributed by atoms with Crippen molar-refractivity contribution in [2.45, 2.75) is 32.7 Å². The molecular formula is C15H23N3O3S. The van der Waals surface area contributed by atoms with Crippen molar-refractivity contribution in [2.24, 2.45) is 0 Å². The molecule has 122 valence electrons. The molecular weight excluding hydrogens is 302 g/mol. The summed E-state index contributed by atoms with van der Waals surface area (Å²) < 4.78 is 10.4. The maximum atomic E-state index is 11.9. The van der Waals surface area contributed by atoms with E-state index >= 15 is 0 Å². The number of benzene rings is 1. The lowest BCUT2D eigenvalue weighted by Gasteiger charge is -2.23. The van der Waals surface area contributed by atoms with Crippen LogP contribution in [0.4, 0.5) is 0 Å². The number of hydrogen-bond acceptors (Lipinski definition) is 4. The summed E-state index contributed by atoms with van der Waals surface area (Å²) in [5.74, 6) is 1.01. The third-order valence-corrected chi connectivity index (χ3v) is 2.82. The van der Waals surface area contributed by atoms with Crippen LogP contribution >= 0.6 is 12.2 Å². The quantitative estimate of drug-likeness (QED) is 0.576. The highest BCUT2D eigenvalue weighted by Crippen LogP contribution is 2.27. The number of amides is 1. The van der Waals surface area contributed by atoms with Crippen LogP contribution in [0.5, 0.6) is 11.5 Å². The van der Waals surface area contributed by atoms with Gasteiger partial charge in [-0.05, 0) is 50.7 Å². The summed E-state index contributed by atoms with van der Waals surface area (Å²) in [4.78, 5) is 11.9. The van der Waals surface area contributed by atoms with Crippen molar-refractivity contribution in [3.63, 3.8) is 0 Å².